The van der Waals surface area contributed by atoms with Gasteiger partial charge in [0.25, 0.3) is 0 Å². The predicted octanol–water partition coefficient (Wildman–Crippen LogP) is 3.73. The molecule has 0 N–H and O–H groups in total. The Bertz CT molecular complexity index is 694. The lowest BCUT2D eigenvalue weighted by Crippen LogP contribution is -2.43. The van der Waals surface area contributed by atoms with Crippen LogP contribution in [0.4, 0.5) is 0 Å². The summed E-state index contributed by atoms with van der Waals surface area (Å²) in [7, 11) is 0. The monoisotopic (exact) mass is 352 g/mol. The fraction of sp³-hybridized carbons (Fsp3) is 0.500. The quantitative estimate of drug-likeness (QED) is 0.821. The Morgan fingerprint density at radius 2 is 1.96 bits per heavy atom. The van der Waals surface area contributed by atoms with Gasteiger partial charge in [0, 0.05) is 38.4 Å². The highest BCUT2D eigenvalue weighted by molar-refractivity contribution is 5.21. The molecule has 2 aliphatic rings. The Hall–Kier alpha value is -1.75. The number of benzene rings is 1. The van der Waals surface area contributed by atoms with Crippen molar-refractivity contribution in [1.29, 1.82) is 0 Å². The van der Waals surface area contributed by atoms with Gasteiger partial charge in [-0.2, -0.15) is 0 Å². The summed E-state index contributed by atoms with van der Waals surface area (Å²) in [6.45, 7) is 6.72. The van der Waals surface area contributed by atoms with Gasteiger partial charge in [-0.15, -0.1) is 0 Å². The molecule has 138 valence electrons. The maximum absolute atomic E-state index is 6.23. The smallest absolute Gasteiger partial charge is 0.0840 e. The zero-order chi connectivity index (χ0) is 17.8. The molecular weight excluding hydrogens is 324 g/mol. The van der Waals surface area contributed by atoms with Gasteiger partial charge in [0.15, 0.2) is 0 Å². The highest BCUT2D eigenvalue weighted by Gasteiger charge is 2.43. The van der Waals surface area contributed by atoms with Crippen molar-refractivity contribution < 1.29 is 9.47 Å². The molecule has 3 heterocycles. The Balaban J connectivity index is 1.24. The highest BCUT2D eigenvalue weighted by Crippen LogP contribution is 2.37. The molecule has 1 aromatic heterocycles. The van der Waals surface area contributed by atoms with Crippen LogP contribution in [0.3, 0.4) is 0 Å². The fourth-order valence-electron chi connectivity index (χ4n) is 4.03. The Labute approximate surface area is 156 Å². The summed E-state index contributed by atoms with van der Waals surface area (Å²) in [6, 6.07) is 12.9. The Kier molecular flexibility index (Phi) is 5.34. The highest BCUT2D eigenvalue weighted by atomic mass is 16.6. The molecule has 4 rings (SSSR count). The van der Waals surface area contributed by atoms with E-state index >= 15 is 0 Å². The second-order valence-electron chi connectivity index (χ2n) is 7.75. The van der Waals surface area contributed by atoms with E-state index in [9.17, 15) is 0 Å². The van der Waals surface area contributed by atoms with Gasteiger partial charge in [-0.1, -0.05) is 35.9 Å². The number of piperidine rings is 1. The molecule has 2 aliphatic heterocycles. The van der Waals surface area contributed by atoms with E-state index < -0.39 is 0 Å². The van der Waals surface area contributed by atoms with E-state index in [0.717, 1.165) is 51.1 Å². The SMILES string of the molecule is Cc1ccc(CN2CCC3(CC2)CC(OCc2cccnc2)CO3)cc1. The molecule has 1 aromatic carbocycles. The lowest BCUT2D eigenvalue weighted by Gasteiger charge is -2.38. The maximum atomic E-state index is 6.23. The van der Waals surface area contributed by atoms with Crippen molar-refractivity contribution in [3.05, 3.63) is 65.5 Å². The number of ether oxygens (including phenoxy) is 2. The van der Waals surface area contributed by atoms with Crippen molar-refractivity contribution >= 4 is 0 Å². The van der Waals surface area contributed by atoms with Crippen LogP contribution in [0, 0.1) is 6.92 Å². The first-order valence-corrected chi connectivity index (χ1v) is 9.63. The fourth-order valence-corrected chi connectivity index (χ4v) is 4.03. The van der Waals surface area contributed by atoms with Crippen LogP contribution >= 0.6 is 0 Å². The van der Waals surface area contributed by atoms with Crippen LogP contribution in [0.1, 0.15) is 36.0 Å². The molecule has 26 heavy (non-hydrogen) atoms. The molecule has 0 radical (unpaired) electrons. The lowest BCUT2D eigenvalue weighted by atomic mass is 9.88. The van der Waals surface area contributed by atoms with E-state index in [2.05, 4.69) is 47.1 Å². The summed E-state index contributed by atoms with van der Waals surface area (Å²) in [5.74, 6) is 0. The number of aromatic nitrogens is 1. The zero-order valence-corrected chi connectivity index (χ0v) is 15.6. The molecule has 4 nitrogen and oxygen atoms in total. The van der Waals surface area contributed by atoms with Gasteiger partial charge in [0.05, 0.1) is 24.9 Å². The van der Waals surface area contributed by atoms with Crippen molar-refractivity contribution in [3.8, 4) is 0 Å². The third-order valence-corrected chi connectivity index (χ3v) is 5.68. The average molecular weight is 352 g/mol. The molecule has 0 saturated carbocycles. The van der Waals surface area contributed by atoms with Crippen LogP contribution < -0.4 is 0 Å². The summed E-state index contributed by atoms with van der Waals surface area (Å²) in [5, 5.41) is 0. The van der Waals surface area contributed by atoms with E-state index in [1.165, 1.54) is 11.1 Å². The standard InChI is InChI=1S/C22H28N2O2/c1-18-4-6-19(7-5-18)15-24-11-8-22(9-12-24)13-21(17-26-22)25-16-20-3-2-10-23-14-20/h2-7,10,14,21H,8-9,11-13,15-17H2,1H3. The molecule has 0 amide bonds. The normalized spacial score (nSPS) is 22.7. The first kappa shape index (κ1) is 17.7. The molecule has 1 spiro atoms. The van der Waals surface area contributed by atoms with Gasteiger partial charge < -0.3 is 9.47 Å². The van der Waals surface area contributed by atoms with Gasteiger partial charge >= 0.3 is 0 Å². The first-order valence-electron chi connectivity index (χ1n) is 9.63. The van der Waals surface area contributed by atoms with Gasteiger partial charge in [-0.25, -0.2) is 0 Å². The van der Waals surface area contributed by atoms with Crippen LogP contribution in [0.5, 0.6) is 0 Å². The number of likely N-dealkylation sites (tertiary alicyclic amines) is 1. The molecule has 4 heteroatoms. The van der Waals surface area contributed by atoms with Gasteiger partial charge in [-0.05, 0) is 37.0 Å². The second kappa shape index (κ2) is 7.87. The largest absolute Gasteiger partial charge is 0.372 e. The van der Waals surface area contributed by atoms with Crippen LogP contribution in [-0.4, -0.2) is 41.3 Å². The molecule has 0 bridgehead atoms. The number of pyridine rings is 1. The number of rotatable bonds is 5. The van der Waals surface area contributed by atoms with Crippen LogP contribution in [0.15, 0.2) is 48.8 Å². The molecule has 2 aromatic rings. The van der Waals surface area contributed by atoms with Gasteiger partial charge in [0.1, 0.15) is 0 Å². The number of hydrogen-bond donors (Lipinski definition) is 0. The molecule has 1 atom stereocenters. The topological polar surface area (TPSA) is 34.6 Å². The molecule has 0 aliphatic carbocycles. The van der Waals surface area contributed by atoms with E-state index in [1.54, 1.807) is 6.20 Å². The molecule has 2 fully saturated rings. The number of nitrogens with zero attached hydrogens (tertiary/aromatic N) is 2. The predicted molar refractivity (Wildman–Crippen MR) is 102 cm³/mol. The molecular formula is C22H28N2O2. The van der Waals surface area contributed by atoms with Crippen LogP contribution in [-0.2, 0) is 22.6 Å². The number of hydrogen-bond acceptors (Lipinski definition) is 4. The Morgan fingerprint density at radius 1 is 1.15 bits per heavy atom. The summed E-state index contributed by atoms with van der Waals surface area (Å²) in [4.78, 5) is 6.69. The van der Waals surface area contributed by atoms with Crippen molar-refractivity contribution in [3.63, 3.8) is 0 Å². The van der Waals surface area contributed by atoms with Crippen LogP contribution in [0.25, 0.3) is 0 Å². The third-order valence-electron chi connectivity index (χ3n) is 5.68. The minimum atomic E-state index is 0.0311. The summed E-state index contributed by atoms with van der Waals surface area (Å²) < 4.78 is 12.3. The number of aryl methyl sites for hydroxylation is 1. The maximum Gasteiger partial charge on any atom is 0.0840 e. The Morgan fingerprint density at radius 3 is 2.69 bits per heavy atom. The second-order valence-corrected chi connectivity index (χ2v) is 7.75. The average Bonchev–Trinajstić information content (AvgIpc) is 3.08. The van der Waals surface area contributed by atoms with Crippen molar-refractivity contribution in [1.82, 2.24) is 9.88 Å². The van der Waals surface area contributed by atoms with Gasteiger partial charge in [0.2, 0.25) is 0 Å². The minimum absolute atomic E-state index is 0.0311. The summed E-state index contributed by atoms with van der Waals surface area (Å²) in [5.41, 5.74) is 3.88. The van der Waals surface area contributed by atoms with E-state index in [4.69, 9.17) is 9.47 Å². The van der Waals surface area contributed by atoms with Gasteiger partial charge in [-0.3, -0.25) is 9.88 Å². The minimum Gasteiger partial charge on any atom is -0.372 e. The third kappa shape index (κ3) is 4.32. The summed E-state index contributed by atoms with van der Waals surface area (Å²) >= 11 is 0. The first-order chi connectivity index (χ1) is 12.7. The van der Waals surface area contributed by atoms with Crippen molar-refractivity contribution in [2.24, 2.45) is 0 Å². The lowest BCUT2D eigenvalue weighted by molar-refractivity contribution is -0.0468. The van der Waals surface area contributed by atoms with Crippen molar-refractivity contribution in [2.45, 2.75) is 51.0 Å². The summed E-state index contributed by atoms with van der Waals surface area (Å²) in [6.07, 6.45) is 7.10. The molecule has 2 saturated heterocycles. The van der Waals surface area contributed by atoms with Crippen LogP contribution in [0.2, 0.25) is 0 Å². The van der Waals surface area contributed by atoms with E-state index in [1.807, 2.05) is 12.3 Å². The molecule has 1 unspecified atom stereocenters. The van der Waals surface area contributed by atoms with Crippen molar-refractivity contribution in [2.75, 3.05) is 19.7 Å². The van der Waals surface area contributed by atoms with E-state index in [-0.39, 0.29) is 11.7 Å². The zero-order valence-electron chi connectivity index (χ0n) is 15.6. The van der Waals surface area contributed by atoms with E-state index in [0.29, 0.717) is 6.61 Å².